The van der Waals surface area contributed by atoms with E-state index < -0.39 is 11.4 Å². The second kappa shape index (κ2) is 5.61. The molecular formula is C20H28O3. The number of fused-ring (bicyclic) bond motifs is 2. The molecule has 0 unspecified atom stereocenters. The van der Waals surface area contributed by atoms with Gasteiger partial charge in [0.25, 0.3) is 0 Å². The summed E-state index contributed by atoms with van der Waals surface area (Å²) in [6.07, 6.45) is 8.77. The molecule has 1 N–H and O–H groups in total. The summed E-state index contributed by atoms with van der Waals surface area (Å²) < 4.78 is 0. The molecule has 3 nitrogen and oxygen atoms in total. The fourth-order valence-electron chi connectivity index (χ4n) is 5.33. The van der Waals surface area contributed by atoms with E-state index in [0.717, 1.165) is 38.5 Å². The Labute approximate surface area is 138 Å². The summed E-state index contributed by atoms with van der Waals surface area (Å²) in [5, 5.41) is 9.74. The highest BCUT2D eigenvalue weighted by molar-refractivity contribution is 5.87. The molecule has 0 aromatic carbocycles. The van der Waals surface area contributed by atoms with Crippen molar-refractivity contribution >= 4 is 11.8 Å². The number of allylic oxidation sites excluding steroid dienone is 3. The Bertz CT molecular complexity index is 588. The Morgan fingerprint density at radius 2 is 2.22 bits per heavy atom. The van der Waals surface area contributed by atoms with Crippen LogP contribution in [0.1, 0.15) is 65.2 Å². The first-order chi connectivity index (χ1) is 10.8. The molecule has 0 amide bonds. The van der Waals surface area contributed by atoms with Gasteiger partial charge in [0.15, 0.2) is 0 Å². The number of rotatable bonds is 4. The van der Waals surface area contributed by atoms with E-state index in [1.54, 1.807) is 0 Å². The lowest BCUT2D eigenvalue weighted by Gasteiger charge is -2.40. The van der Waals surface area contributed by atoms with Crippen molar-refractivity contribution in [3.8, 4) is 0 Å². The molecule has 0 aliphatic heterocycles. The van der Waals surface area contributed by atoms with Crippen LogP contribution in [0.4, 0.5) is 0 Å². The predicted molar refractivity (Wildman–Crippen MR) is 90.0 cm³/mol. The molecular weight excluding hydrogens is 288 g/mol. The fourth-order valence-corrected chi connectivity index (χ4v) is 5.33. The molecule has 126 valence electrons. The van der Waals surface area contributed by atoms with Crippen molar-refractivity contribution in [3.63, 3.8) is 0 Å². The van der Waals surface area contributed by atoms with Crippen LogP contribution in [-0.4, -0.2) is 16.9 Å². The Morgan fingerprint density at radius 3 is 2.91 bits per heavy atom. The predicted octanol–water partition coefficient (Wildman–Crippen LogP) is 4.53. The smallest absolute Gasteiger partial charge is 0.309 e. The lowest BCUT2D eigenvalue weighted by atomic mass is 9.63. The molecule has 3 heteroatoms. The topological polar surface area (TPSA) is 54.4 Å². The highest BCUT2D eigenvalue weighted by atomic mass is 16.4. The van der Waals surface area contributed by atoms with E-state index in [0.29, 0.717) is 24.5 Å². The third-order valence-electron chi connectivity index (χ3n) is 6.94. The van der Waals surface area contributed by atoms with Gasteiger partial charge in [-0.25, -0.2) is 0 Å². The lowest BCUT2D eigenvalue weighted by Crippen LogP contribution is -2.40. The van der Waals surface area contributed by atoms with Gasteiger partial charge in [0, 0.05) is 11.8 Å². The van der Waals surface area contributed by atoms with E-state index in [9.17, 15) is 14.7 Å². The maximum atomic E-state index is 12.6. The van der Waals surface area contributed by atoms with Gasteiger partial charge in [-0.15, -0.1) is 0 Å². The Kier molecular flexibility index (Phi) is 4.02. The summed E-state index contributed by atoms with van der Waals surface area (Å²) in [5.74, 6) is 0.254. The molecule has 0 saturated heterocycles. The van der Waals surface area contributed by atoms with Crippen molar-refractivity contribution in [1.82, 2.24) is 0 Å². The van der Waals surface area contributed by atoms with Crippen LogP contribution in [0.2, 0.25) is 0 Å². The number of carboxylic acid groups (broad SMARTS) is 1. The van der Waals surface area contributed by atoms with Gasteiger partial charge in [-0.2, -0.15) is 0 Å². The van der Waals surface area contributed by atoms with Crippen molar-refractivity contribution in [2.24, 2.45) is 22.7 Å². The van der Waals surface area contributed by atoms with E-state index in [4.69, 9.17) is 0 Å². The monoisotopic (exact) mass is 316 g/mol. The van der Waals surface area contributed by atoms with Gasteiger partial charge in [0.2, 0.25) is 0 Å². The van der Waals surface area contributed by atoms with Crippen LogP contribution in [-0.2, 0) is 9.59 Å². The maximum Gasteiger partial charge on any atom is 0.309 e. The summed E-state index contributed by atoms with van der Waals surface area (Å²) in [6.45, 7) is 8.12. The third kappa shape index (κ3) is 2.58. The SMILES string of the molecule is C=C1C[C@]2(CC[C@H]3C(C)=CCC[C@@]3(C)C(=O)O)C[C@H]1CCC2=O. The molecule has 3 aliphatic rings. The molecule has 2 saturated carbocycles. The molecule has 3 aliphatic carbocycles. The van der Waals surface area contributed by atoms with Crippen LogP contribution in [0.25, 0.3) is 0 Å². The Morgan fingerprint density at radius 1 is 1.48 bits per heavy atom. The largest absolute Gasteiger partial charge is 0.481 e. The standard InChI is InChI=1S/C20H28O3/c1-13-5-4-9-19(3,18(22)23)16(13)8-10-20-11-14(2)15(12-20)6-7-17(20)21/h5,15-16H,2,4,6-12H2,1,3H3,(H,22,23)/t15-,16+,19-,20-/m1/s1. The molecule has 4 atom stereocenters. The zero-order valence-corrected chi connectivity index (χ0v) is 14.4. The summed E-state index contributed by atoms with van der Waals surface area (Å²) in [7, 11) is 0. The zero-order valence-electron chi connectivity index (χ0n) is 14.4. The van der Waals surface area contributed by atoms with Crippen molar-refractivity contribution in [2.75, 3.05) is 0 Å². The van der Waals surface area contributed by atoms with Gasteiger partial charge in [-0.05, 0) is 70.6 Å². The number of carboxylic acids is 1. The number of aliphatic carboxylic acids is 1. The summed E-state index contributed by atoms with van der Waals surface area (Å²) in [4.78, 5) is 24.4. The van der Waals surface area contributed by atoms with Crippen molar-refractivity contribution in [2.45, 2.75) is 65.2 Å². The van der Waals surface area contributed by atoms with Crippen LogP contribution >= 0.6 is 0 Å². The van der Waals surface area contributed by atoms with E-state index in [2.05, 4.69) is 19.6 Å². The summed E-state index contributed by atoms with van der Waals surface area (Å²) in [5.41, 5.74) is 1.50. The number of hydrogen-bond acceptors (Lipinski definition) is 2. The summed E-state index contributed by atoms with van der Waals surface area (Å²) in [6, 6.07) is 0. The van der Waals surface area contributed by atoms with Crippen LogP contribution in [0.15, 0.2) is 23.8 Å². The van der Waals surface area contributed by atoms with Crippen LogP contribution in [0, 0.1) is 22.7 Å². The van der Waals surface area contributed by atoms with Crippen LogP contribution in [0.3, 0.4) is 0 Å². The van der Waals surface area contributed by atoms with Gasteiger partial charge < -0.3 is 5.11 Å². The Balaban J connectivity index is 1.80. The third-order valence-corrected chi connectivity index (χ3v) is 6.94. The fraction of sp³-hybridized carbons (Fsp3) is 0.700. The number of carbonyl (C=O) groups excluding carboxylic acids is 1. The van der Waals surface area contributed by atoms with Gasteiger partial charge in [0.1, 0.15) is 5.78 Å². The minimum Gasteiger partial charge on any atom is -0.481 e. The normalized spacial score (nSPS) is 40.2. The van der Waals surface area contributed by atoms with Crippen molar-refractivity contribution < 1.29 is 14.7 Å². The van der Waals surface area contributed by atoms with Crippen molar-refractivity contribution in [3.05, 3.63) is 23.8 Å². The number of hydrogen-bond donors (Lipinski definition) is 1. The molecule has 0 aromatic heterocycles. The van der Waals surface area contributed by atoms with Gasteiger partial charge in [-0.3, -0.25) is 9.59 Å². The number of ketones is 1. The summed E-state index contributed by atoms with van der Waals surface area (Å²) >= 11 is 0. The average molecular weight is 316 g/mol. The molecule has 0 radical (unpaired) electrons. The lowest BCUT2D eigenvalue weighted by molar-refractivity contribution is -0.151. The van der Waals surface area contributed by atoms with E-state index in [1.807, 2.05) is 6.92 Å². The first-order valence-corrected chi connectivity index (χ1v) is 8.89. The molecule has 23 heavy (non-hydrogen) atoms. The van der Waals surface area contributed by atoms with E-state index in [-0.39, 0.29) is 11.3 Å². The molecule has 0 heterocycles. The van der Waals surface area contributed by atoms with E-state index in [1.165, 1.54) is 11.1 Å². The molecule has 0 spiro atoms. The van der Waals surface area contributed by atoms with Crippen LogP contribution < -0.4 is 0 Å². The average Bonchev–Trinajstić information content (AvgIpc) is 2.76. The highest BCUT2D eigenvalue weighted by Gasteiger charge is 2.51. The highest BCUT2D eigenvalue weighted by Crippen LogP contribution is 2.56. The minimum absolute atomic E-state index is 0.0465. The molecule has 3 rings (SSSR count). The maximum absolute atomic E-state index is 12.6. The number of Topliss-reactive ketones (excluding diaryl/α,β-unsaturated/α-hetero) is 1. The van der Waals surface area contributed by atoms with Gasteiger partial charge in [0.05, 0.1) is 5.41 Å². The zero-order chi connectivity index (χ0) is 16.8. The minimum atomic E-state index is -0.698. The van der Waals surface area contributed by atoms with Crippen molar-refractivity contribution in [1.29, 1.82) is 0 Å². The van der Waals surface area contributed by atoms with Crippen LogP contribution in [0.5, 0.6) is 0 Å². The second-order valence-corrected chi connectivity index (χ2v) is 8.28. The van der Waals surface area contributed by atoms with Gasteiger partial charge in [-0.1, -0.05) is 23.8 Å². The Hall–Kier alpha value is -1.38. The second-order valence-electron chi connectivity index (χ2n) is 8.28. The molecule has 2 fully saturated rings. The number of carbonyl (C=O) groups is 2. The molecule has 2 bridgehead atoms. The first-order valence-electron chi connectivity index (χ1n) is 8.89. The molecule has 0 aromatic rings. The van der Waals surface area contributed by atoms with E-state index >= 15 is 0 Å². The quantitative estimate of drug-likeness (QED) is 0.775. The first kappa shape index (κ1) is 16.5. The van der Waals surface area contributed by atoms with Gasteiger partial charge >= 0.3 is 5.97 Å².